The number of aromatic nitrogens is 3. The first kappa shape index (κ1) is 21.1. The smallest absolute Gasteiger partial charge is 0.224 e. The minimum Gasteiger partial charge on any atom is -0.396 e. The molecular weight excluding hydrogens is 388 g/mol. The molecule has 154 valence electrons. The van der Waals surface area contributed by atoms with Crippen LogP contribution in [-0.2, 0) is 0 Å². The van der Waals surface area contributed by atoms with Gasteiger partial charge in [0.1, 0.15) is 5.82 Å². The Kier molecular flexibility index (Phi) is 7.84. The van der Waals surface area contributed by atoms with Crippen LogP contribution in [0.3, 0.4) is 0 Å². The van der Waals surface area contributed by atoms with E-state index < -0.39 is 0 Å². The Labute approximate surface area is 175 Å². The molecule has 0 bridgehead atoms. The Morgan fingerprint density at radius 2 is 1.72 bits per heavy atom. The molecule has 0 fully saturated rings. The normalized spacial score (nSPS) is 10.9. The highest BCUT2D eigenvalue weighted by Gasteiger charge is 2.03. The van der Waals surface area contributed by atoms with Crippen LogP contribution < -0.4 is 16.0 Å². The van der Waals surface area contributed by atoms with Crippen molar-refractivity contribution in [2.45, 2.75) is 26.2 Å². The molecule has 0 spiro atoms. The number of unbranched alkanes of at least 4 members (excludes halogenated alkanes) is 1. The van der Waals surface area contributed by atoms with Crippen LogP contribution in [0.5, 0.6) is 0 Å². The van der Waals surface area contributed by atoms with Crippen molar-refractivity contribution in [3.63, 3.8) is 0 Å². The number of nitrogens with one attached hydrogen (secondary N) is 3. The zero-order valence-electron chi connectivity index (χ0n) is 16.6. The van der Waals surface area contributed by atoms with Crippen LogP contribution in [-0.4, -0.2) is 46.3 Å². The van der Waals surface area contributed by atoms with E-state index in [0.29, 0.717) is 23.9 Å². The molecule has 4 N–H and O–H groups in total. The molecule has 29 heavy (non-hydrogen) atoms. The first-order chi connectivity index (χ1) is 14.2. The minimum atomic E-state index is 0.154. The van der Waals surface area contributed by atoms with Gasteiger partial charge in [0.05, 0.1) is 5.52 Å². The molecule has 2 heterocycles. The number of halogens is 1. The van der Waals surface area contributed by atoms with Crippen molar-refractivity contribution in [3.8, 4) is 0 Å². The first-order valence-electron chi connectivity index (χ1n) is 9.88. The Hall–Kier alpha value is -2.64. The average Bonchev–Trinajstić information content (AvgIpc) is 2.70. The summed E-state index contributed by atoms with van der Waals surface area (Å²) in [7, 11) is 0. The number of aliphatic hydroxyl groups is 1. The molecule has 0 atom stereocenters. The van der Waals surface area contributed by atoms with Gasteiger partial charge in [-0.25, -0.2) is 4.98 Å². The average molecular weight is 415 g/mol. The number of nitrogens with zero attached hydrogens (tertiary/aromatic N) is 3. The SMILES string of the molecule is Cc1cc(NCCCCNc2ccnc3cc(Cl)ccc23)nc(NCCCO)n1. The number of fused-ring (bicyclic) bond motifs is 1. The summed E-state index contributed by atoms with van der Waals surface area (Å²) in [6.07, 6.45) is 4.51. The molecule has 3 rings (SSSR count). The standard InChI is InChI=1S/C21H27ClN6O/c1-15-13-20(28-21(27-15)26-10-4-12-29)25-9-3-2-8-23-18-7-11-24-19-14-16(22)5-6-17(18)19/h5-7,11,13-14,29H,2-4,8-10,12H2,1H3,(H,23,24)(H2,25,26,27,28). The van der Waals surface area contributed by atoms with Crippen LogP contribution in [0.25, 0.3) is 10.9 Å². The Morgan fingerprint density at radius 3 is 2.55 bits per heavy atom. The number of benzene rings is 1. The van der Waals surface area contributed by atoms with Gasteiger partial charge in [-0.05, 0) is 50.5 Å². The van der Waals surface area contributed by atoms with Gasteiger partial charge >= 0.3 is 0 Å². The maximum Gasteiger partial charge on any atom is 0.224 e. The first-order valence-corrected chi connectivity index (χ1v) is 10.3. The molecule has 0 saturated carbocycles. The summed E-state index contributed by atoms with van der Waals surface area (Å²) in [6.45, 7) is 4.46. The number of aliphatic hydroxyl groups excluding tert-OH is 1. The van der Waals surface area contributed by atoms with Gasteiger partial charge in [0, 0.05) is 60.3 Å². The molecule has 0 aliphatic heterocycles. The number of pyridine rings is 1. The summed E-state index contributed by atoms with van der Waals surface area (Å²) >= 11 is 6.04. The number of anilines is 3. The maximum absolute atomic E-state index is 8.87. The number of rotatable bonds is 11. The Morgan fingerprint density at radius 1 is 0.931 bits per heavy atom. The highest BCUT2D eigenvalue weighted by Crippen LogP contribution is 2.24. The monoisotopic (exact) mass is 414 g/mol. The topological polar surface area (TPSA) is 95.0 Å². The zero-order valence-corrected chi connectivity index (χ0v) is 17.3. The molecule has 0 radical (unpaired) electrons. The van der Waals surface area contributed by atoms with E-state index >= 15 is 0 Å². The van der Waals surface area contributed by atoms with Crippen molar-refractivity contribution in [2.24, 2.45) is 0 Å². The van der Waals surface area contributed by atoms with Gasteiger partial charge in [-0.2, -0.15) is 4.98 Å². The lowest BCUT2D eigenvalue weighted by Gasteiger charge is -2.11. The van der Waals surface area contributed by atoms with E-state index in [1.54, 1.807) is 6.20 Å². The van der Waals surface area contributed by atoms with Gasteiger partial charge in [-0.15, -0.1) is 0 Å². The van der Waals surface area contributed by atoms with Gasteiger partial charge in [-0.1, -0.05) is 11.6 Å². The zero-order chi connectivity index (χ0) is 20.5. The van der Waals surface area contributed by atoms with E-state index in [1.807, 2.05) is 37.3 Å². The van der Waals surface area contributed by atoms with Crippen molar-refractivity contribution in [2.75, 3.05) is 42.2 Å². The van der Waals surface area contributed by atoms with Crippen LogP contribution in [0.4, 0.5) is 17.5 Å². The highest BCUT2D eigenvalue weighted by molar-refractivity contribution is 6.31. The summed E-state index contributed by atoms with van der Waals surface area (Å²) in [5, 5.41) is 20.6. The molecule has 0 aliphatic rings. The third-order valence-electron chi connectivity index (χ3n) is 4.40. The molecule has 2 aromatic heterocycles. The summed E-state index contributed by atoms with van der Waals surface area (Å²) in [5.74, 6) is 1.40. The fraction of sp³-hybridized carbons (Fsp3) is 0.381. The van der Waals surface area contributed by atoms with Crippen LogP contribution in [0.1, 0.15) is 25.0 Å². The summed E-state index contributed by atoms with van der Waals surface area (Å²) < 4.78 is 0. The molecule has 0 amide bonds. The van der Waals surface area contributed by atoms with Crippen molar-refractivity contribution in [3.05, 3.63) is 47.2 Å². The maximum atomic E-state index is 8.87. The molecule has 3 aromatic rings. The quantitative estimate of drug-likeness (QED) is 0.351. The van der Waals surface area contributed by atoms with Gasteiger partial charge in [0.2, 0.25) is 5.95 Å². The second-order valence-corrected chi connectivity index (χ2v) is 7.24. The van der Waals surface area contributed by atoms with E-state index in [1.165, 1.54) is 0 Å². The minimum absolute atomic E-state index is 0.154. The lowest BCUT2D eigenvalue weighted by molar-refractivity contribution is 0.292. The molecule has 0 saturated heterocycles. The molecule has 1 aromatic carbocycles. The van der Waals surface area contributed by atoms with E-state index in [4.69, 9.17) is 16.7 Å². The number of aryl methyl sites for hydroxylation is 1. The second-order valence-electron chi connectivity index (χ2n) is 6.80. The number of hydrogen-bond donors (Lipinski definition) is 4. The van der Waals surface area contributed by atoms with Crippen molar-refractivity contribution in [1.29, 1.82) is 0 Å². The van der Waals surface area contributed by atoms with Crippen LogP contribution >= 0.6 is 11.6 Å². The Bertz CT molecular complexity index is 936. The van der Waals surface area contributed by atoms with Crippen molar-refractivity contribution >= 4 is 40.0 Å². The van der Waals surface area contributed by atoms with E-state index in [9.17, 15) is 0 Å². The van der Waals surface area contributed by atoms with E-state index in [2.05, 4.69) is 30.9 Å². The Balaban J connectivity index is 1.42. The predicted octanol–water partition coefficient (Wildman–Crippen LogP) is 4.09. The van der Waals surface area contributed by atoms with Crippen LogP contribution in [0.2, 0.25) is 5.02 Å². The predicted molar refractivity (Wildman–Crippen MR) is 120 cm³/mol. The lowest BCUT2D eigenvalue weighted by Crippen LogP contribution is -2.11. The largest absolute Gasteiger partial charge is 0.396 e. The van der Waals surface area contributed by atoms with Gasteiger partial charge in [0.15, 0.2) is 0 Å². The third-order valence-corrected chi connectivity index (χ3v) is 4.64. The summed E-state index contributed by atoms with van der Waals surface area (Å²) in [4.78, 5) is 13.2. The van der Waals surface area contributed by atoms with Gasteiger partial charge < -0.3 is 21.1 Å². The summed E-state index contributed by atoms with van der Waals surface area (Å²) in [6, 6.07) is 9.69. The lowest BCUT2D eigenvalue weighted by atomic mass is 10.2. The number of hydrogen-bond acceptors (Lipinski definition) is 7. The third kappa shape index (κ3) is 6.44. The van der Waals surface area contributed by atoms with Crippen molar-refractivity contribution in [1.82, 2.24) is 15.0 Å². The molecule has 0 unspecified atom stereocenters. The van der Waals surface area contributed by atoms with Crippen LogP contribution in [0, 0.1) is 6.92 Å². The van der Waals surface area contributed by atoms with E-state index in [0.717, 1.165) is 54.0 Å². The molecule has 0 aliphatic carbocycles. The fourth-order valence-electron chi connectivity index (χ4n) is 2.98. The summed E-state index contributed by atoms with van der Waals surface area (Å²) in [5.41, 5.74) is 2.87. The van der Waals surface area contributed by atoms with E-state index in [-0.39, 0.29) is 6.61 Å². The van der Waals surface area contributed by atoms with Gasteiger partial charge in [0.25, 0.3) is 0 Å². The second kappa shape index (κ2) is 10.8. The molecule has 8 heteroatoms. The molecule has 7 nitrogen and oxygen atoms in total. The van der Waals surface area contributed by atoms with Gasteiger partial charge in [-0.3, -0.25) is 4.98 Å². The van der Waals surface area contributed by atoms with Crippen LogP contribution in [0.15, 0.2) is 36.5 Å². The van der Waals surface area contributed by atoms with Crippen molar-refractivity contribution < 1.29 is 5.11 Å². The molecular formula is C21H27ClN6O. The fourth-order valence-corrected chi connectivity index (χ4v) is 3.15. The highest BCUT2D eigenvalue weighted by atomic mass is 35.5.